The fraction of sp³-hybridized carbons (Fsp3) is 0.308. The second-order valence-electron chi connectivity index (χ2n) is 8.33. The highest BCUT2D eigenvalue weighted by Gasteiger charge is 2.30. The minimum atomic E-state index is -1.20. The van der Waals surface area contributed by atoms with Gasteiger partial charge in [-0.1, -0.05) is 19.4 Å². The summed E-state index contributed by atoms with van der Waals surface area (Å²) in [6.45, 7) is 2.00. The topological polar surface area (TPSA) is 0 Å². The molecule has 0 nitrogen and oxygen atoms in total. The maximum atomic E-state index is 15.2. The number of hydrogen-bond donors (Lipinski definition) is 0. The smallest absolute Gasteiger partial charge is 0.159 e. The van der Waals surface area contributed by atoms with E-state index in [4.69, 9.17) is 0 Å². The molecular formula is C26H22F6. The monoisotopic (exact) mass is 448 g/mol. The molecule has 0 saturated carbocycles. The Morgan fingerprint density at radius 2 is 1.53 bits per heavy atom. The van der Waals surface area contributed by atoms with Crippen LogP contribution in [-0.2, 0) is 19.3 Å². The first-order valence-electron chi connectivity index (χ1n) is 10.7. The van der Waals surface area contributed by atoms with Gasteiger partial charge in [-0.2, -0.15) is 0 Å². The van der Waals surface area contributed by atoms with Crippen LogP contribution in [0.25, 0.3) is 11.1 Å². The molecule has 3 aromatic rings. The Kier molecular flexibility index (Phi) is 6.31. The van der Waals surface area contributed by atoms with E-state index in [0.29, 0.717) is 17.5 Å². The number of aryl methyl sites for hydroxylation is 1. The number of rotatable bonds is 5. The second kappa shape index (κ2) is 9.00. The lowest BCUT2D eigenvalue weighted by molar-refractivity contribution is 0.477. The van der Waals surface area contributed by atoms with E-state index in [-0.39, 0.29) is 36.0 Å². The molecule has 1 unspecified atom stereocenters. The van der Waals surface area contributed by atoms with Crippen LogP contribution in [0.15, 0.2) is 36.4 Å². The van der Waals surface area contributed by atoms with Gasteiger partial charge in [0.15, 0.2) is 11.6 Å². The highest BCUT2D eigenvalue weighted by atomic mass is 19.2. The van der Waals surface area contributed by atoms with E-state index in [9.17, 15) is 22.0 Å². The lowest BCUT2D eigenvalue weighted by Crippen LogP contribution is -2.18. The quantitative estimate of drug-likeness (QED) is 0.349. The van der Waals surface area contributed by atoms with Crippen LogP contribution in [0.2, 0.25) is 0 Å². The van der Waals surface area contributed by atoms with E-state index in [1.54, 1.807) is 0 Å². The third-order valence-electron chi connectivity index (χ3n) is 6.20. The molecule has 1 aliphatic carbocycles. The Bertz CT molecular complexity index is 1140. The third kappa shape index (κ3) is 4.15. The van der Waals surface area contributed by atoms with E-state index in [1.165, 1.54) is 12.1 Å². The van der Waals surface area contributed by atoms with Gasteiger partial charge in [0.05, 0.1) is 5.56 Å². The van der Waals surface area contributed by atoms with Crippen LogP contribution in [-0.4, -0.2) is 0 Å². The molecule has 0 saturated heterocycles. The summed E-state index contributed by atoms with van der Waals surface area (Å²) in [5.74, 6) is -5.90. The highest BCUT2D eigenvalue weighted by Crippen LogP contribution is 2.40. The predicted octanol–water partition coefficient (Wildman–Crippen LogP) is 7.80. The van der Waals surface area contributed by atoms with E-state index in [1.807, 2.05) is 6.92 Å². The van der Waals surface area contributed by atoms with Crippen LogP contribution in [0.4, 0.5) is 26.3 Å². The van der Waals surface area contributed by atoms with E-state index in [0.717, 1.165) is 37.1 Å². The lowest BCUT2D eigenvalue weighted by Gasteiger charge is -2.27. The summed E-state index contributed by atoms with van der Waals surface area (Å²) in [4.78, 5) is 0. The van der Waals surface area contributed by atoms with E-state index < -0.39 is 46.4 Å². The van der Waals surface area contributed by atoms with Crippen LogP contribution in [0.5, 0.6) is 0 Å². The largest absolute Gasteiger partial charge is 0.207 e. The summed E-state index contributed by atoms with van der Waals surface area (Å²) >= 11 is 0. The maximum absolute atomic E-state index is 15.2. The molecule has 0 aliphatic heterocycles. The van der Waals surface area contributed by atoms with Gasteiger partial charge in [0.2, 0.25) is 0 Å². The van der Waals surface area contributed by atoms with Gasteiger partial charge in [-0.05, 0) is 90.6 Å². The Balaban J connectivity index is 1.67. The van der Waals surface area contributed by atoms with Gasteiger partial charge in [-0.15, -0.1) is 0 Å². The molecule has 0 bridgehead atoms. The molecule has 6 heteroatoms. The van der Waals surface area contributed by atoms with Crippen LogP contribution in [0.3, 0.4) is 0 Å². The summed E-state index contributed by atoms with van der Waals surface area (Å²) in [7, 11) is 0. The Labute approximate surface area is 182 Å². The molecule has 3 aromatic carbocycles. The normalized spacial score (nSPS) is 15.7. The van der Waals surface area contributed by atoms with Crippen molar-refractivity contribution in [3.8, 4) is 11.1 Å². The van der Waals surface area contributed by atoms with Crippen molar-refractivity contribution in [3.05, 3.63) is 93.6 Å². The molecule has 0 heterocycles. The van der Waals surface area contributed by atoms with Crippen LogP contribution < -0.4 is 0 Å². The number of halogens is 6. The summed E-state index contributed by atoms with van der Waals surface area (Å²) in [6.07, 6.45) is 2.85. The third-order valence-corrected chi connectivity index (χ3v) is 6.20. The molecule has 0 N–H and O–H groups in total. The molecule has 32 heavy (non-hydrogen) atoms. The Hall–Kier alpha value is -2.76. The first kappa shape index (κ1) is 22.4. The van der Waals surface area contributed by atoms with Crippen LogP contribution >= 0.6 is 0 Å². The molecular weight excluding hydrogens is 426 g/mol. The number of unbranched alkanes of at least 4 members (excludes halogenated alkanes) is 1. The van der Waals surface area contributed by atoms with Gasteiger partial charge < -0.3 is 0 Å². The van der Waals surface area contributed by atoms with Crippen molar-refractivity contribution in [1.82, 2.24) is 0 Å². The molecule has 0 fully saturated rings. The highest BCUT2D eigenvalue weighted by molar-refractivity contribution is 5.67. The molecule has 0 aromatic heterocycles. The zero-order valence-corrected chi connectivity index (χ0v) is 17.6. The van der Waals surface area contributed by atoms with Gasteiger partial charge in [0, 0.05) is 5.56 Å². The van der Waals surface area contributed by atoms with Gasteiger partial charge >= 0.3 is 0 Å². The molecule has 0 spiro atoms. The van der Waals surface area contributed by atoms with Crippen LogP contribution in [0.1, 0.15) is 54.4 Å². The fourth-order valence-corrected chi connectivity index (χ4v) is 4.56. The zero-order chi connectivity index (χ0) is 23.0. The Morgan fingerprint density at radius 1 is 0.812 bits per heavy atom. The standard InChI is InChI=1S/C26H22F6/c1-2-3-4-14-9-21(29)24(22(30)10-14)15-5-7-18-17(11-15)13-23(31)25(26(18)32)16-6-8-19(27)20(28)12-16/h6,8-10,12-13,15H,2-5,7,11H2,1H3. The van der Waals surface area contributed by atoms with Crippen molar-refractivity contribution in [3.63, 3.8) is 0 Å². The van der Waals surface area contributed by atoms with Crippen molar-refractivity contribution in [2.75, 3.05) is 0 Å². The predicted molar refractivity (Wildman–Crippen MR) is 111 cm³/mol. The van der Waals surface area contributed by atoms with Gasteiger partial charge in [-0.3, -0.25) is 0 Å². The minimum Gasteiger partial charge on any atom is -0.207 e. The first-order valence-corrected chi connectivity index (χ1v) is 10.7. The number of fused-ring (bicyclic) bond motifs is 1. The van der Waals surface area contributed by atoms with Crippen molar-refractivity contribution in [2.45, 2.75) is 51.4 Å². The second-order valence-corrected chi connectivity index (χ2v) is 8.33. The summed E-state index contributed by atoms with van der Waals surface area (Å²) in [5, 5.41) is 0. The fourth-order valence-electron chi connectivity index (χ4n) is 4.56. The van der Waals surface area contributed by atoms with Gasteiger partial charge in [0.25, 0.3) is 0 Å². The van der Waals surface area contributed by atoms with E-state index in [2.05, 4.69) is 0 Å². The molecule has 0 amide bonds. The summed E-state index contributed by atoms with van der Waals surface area (Å²) < 4.78 is 86.3. The zero-order valence-electron chi connectivity index (χ0n) is 17.6. The lowest BCUT2D eigenvalue weighted by atomic mass is 9.78. The molecule has 4 rings (SSSR count). The first-order chi connectivity index (χ1) is 15.3. The summed E-state index contributed by atoms with van der Waals surface area (Å²) in [5.41, 5.74) is 0.568. The molecule has 168 valence electrons. The average molecular weight is 448 g/mol. The molecule has 1 aliphatic rings. The SMILES string of the molecule is CCCCc1cc(F)c(C2CCc3c(cc(F)c(-c4ccc(F)c(F)c4)c3F)C2)c(F)c1. The average Bonchev–Trinajstić information content (AvgIpc) is 2.74. The van der Waals surface area contributed by atoms with Crippen molar-refractivity contribution < 1.29 is 26.3 Å². The van der Waals surface area contributed by atoms with Gasteiger partial charge in [-0.25, -0.2) is 26.3 Å². The molecule has 0 radical (unpaired) electrons. The molecule has 1 atom stereocenters. The number of hydrogen-bond acceptors (Lipinski definition) is 0. The summed E-state index contributed by atoms with van der Waals surface area (Å²) in [6, 6.07) is 6.50. The van der Waals surface area contributed by atoms with Crippen molar-refractivity contribution in [1.29, 1.82) is 0 Å². The van der Waals surface area contributed by atoms with Gasteiger partial charge in [0.1, 0.15) is 23.3 Å². The minimum absolute atomic E-state index is 0.0543. The Morgan fingerprint density at radius 3 is 2.19 bits per heavy atom. The van der Waals surface area contributed by atoms with E-state index >= 15 is 4.39 Å². The van der Waals surface area contributed by atoms with Crippen LogP contribution in [0, 0.1) is 34.9 Å². The van der Waals surface area contributed by atoms with Crippen molar-refractivity contribution >= 4 is 0 Å². The number of benzene rings is 3. The maximum Gasteiger partial charge on any atom is 0.159 e. The van der Waals surface area contributed by atoms with Crippen molar-refractivity contribution in [2.24, 2.45) is 0 Å².